The van der Waals surface area contributed by atoms with Crippen molar-refractivity contribution in [2.75, 3.05) is 17.7 Å². The number of carbonyl (C=O) groups excluding carboxylic acids is 1. The van der Waals surface area contributed by atoms with Gasteiger partial charge in [0.15, 0.2) is 0 Å². The predicted octanol–water partition coefficient (Wildman–Crippen LogP) is 4.43. The van der Waals surface area contributed by atoms with Crippen LogP contribution in [0.3, 0.4) is 0 Å². The van der Waals surface area contributed by atoms with Crippen LogP contribution in [-0.2, 0) is 0 Å². The molecule has 1 amide bonds. The highest BCUT2D eigenvalue weighted by Crippen LogP contribution is 2.24. The maximum Gasteiger partial charge on any atom is 0.257 e. The zero-order valence-electron chi connectivity index (χ0n) is 10.5. The van der Waals surface area contributed by atoms with Crippen LogP contribution in [0.15, 0.2) is 36.4 Å². The molecule has 0 heterocycles. The van der Waals surface area contributed by atoms with E-state index in [-0.39, 0.29) is 11.3 Å². The summed E-state index contributed by atoms with van der Waals surface area (Å²) in [5.41, 5.74) is 0.778. The van der Waals surface area contributed by atoms with Gasteiger partial charge in [0.2, 0.25) is 0 Å². The lowest BCUT2D eigenvalue weighted by molar-refractivity contribution is 0.102. The number of anilines is 2. The Morgan fingerprint density at radius 1 is 1.15 bits per heavy atom. The highest BCUT2D eigenvalue weighted by atomic mass is 35.5. The van der Waals surface area contributed by atoms with Crippen molar-refractivity contribution in [1.82, 2.24) is 0 Å². The molecular weight excluding hydrogens is 302 g/mol. The van der Waals surface area contributed by atoms with E-state index >= 15 is 0 Å². The highest BCUT2D eigenvalue weighted by Gasteiger charge is 2.14. The summed E-state index contributed by atoms with van der Waals surface area (Å²) < 4.78 is 13.6. The third kappa shape index (κ3) is 3.21. The second kappa shape index (κ2) is 6.11. The van der Waals surface area contributed by atoms with Crippen molar-refractivity contribution in [3.63, 3.8) is 0 Å². The van der Waals surface area contributed by atoms with Crippen LogP contribution in [0.4, 0.5) is 15.8 Å². The number of amides is 1. The summed E-state index contributed by atoms with van der Waals surface area (Å²) >= 11 is 11.7. The molecule has 0 aromatic heterocycles. The van der Waals surface area contributed by atoms with Crippen molar-refractivity contribution < 1.29 is 9.18 Å². The fourth-order valence-corrected chi connectivity index (χ4v) is 2.32. The summed E-state index contributed by atoms with van der Waals surface area (Å²) in [7, 11) is 1.55. The van der Waals surface area contributed by atoms with Gasteiger partial charge in [-0.15, -0.1) is 0 Å². The van der Waals surface area contributed by atoms with E-state index in [0.29, 0.717) is 15.7 Å². The second-order valence-corrected chi connectivity index (χ2v) is 4.90. The Labute approximate surface area is 125 Å². The van der Waals surface area contributed by atoms with E-state index in [1.807, 2.05) is 0 Å². The Balaban J connectivity index is 2.31. The fourth-order valence-electron chi connectivity index (χ4n) is 1.79. The molecule has 104 valence electrons. The molecule has 0 saturated heterocycles. The monoisotopic (exact) mass is 312 g/mol. The van der Waals surface area contributed by atoms with E-state index in [0.717, 1.165) is 0 Å². The zero-order chi connectivity index (χ0) is 14.7. The molecule has 0 aliphatic rings. The summed E-state index contributed by atoms with van der Waals surface area (Å²) in [6, 6.07) is 8.94. The Hall–Kier alpha value is -1.78. The van der Waals surface area contributed by atoms with Gasteiger partial charge < -0.3 is 10.6 Å². The third-order valence-corrected chi connectivity index (χ3v) is 3.07. The number of hydrogen-bond acceptors (Lipinski definition) is 2. The van der Waals surface area contributed by atoms with Gasteiger partial charge in [-0.1, -0.05) is 29.3 Å². The molecule has 20 heavy (non-hydrogen) atoms. The number of nitrogens with one attached hydrogen (secondary N) is 2. The summed E-state index contributed by atoms with van der Waals surface area (Å²) in [4.78, 5) is 12.2. The molecule has 0 atom stereocenters. The third-order valence-electron chi connectivity index (χ3n) is 2.63. The lowest BCUT2D eigenvalue weighted by Gasteiger charge is -2.11. The van der Waals surface area contributed by atoms with Crippen molar-refractivity contribution in [2.45, 2.75) is 0 Å². The maximum atomic E-state index is 13.6. The minimum Gasteiger partial charge on any atom is -0.385 e. The molecule has 2 aromatic rings. The highest BCUT2D eigenvalue weighted by molar-refractivity contribution is 6.35. The van der Waals surface area contributed by atoms with Crippen LogP contribution >= 0.6 is 23.2 Å². The smallest absolute Gasteiger partial charge is 0.257 e. The Bertz CT molecular complexity index is 641. The number of hydrogen-bond donors (Lipinski definition) is 2. The van der Waals surface area contributed by atoms with Gasteiger partial charge in [-0.25, -0.2) is 4.39 Å². The average molecular weight is 313 g/mol. The fraction of sp³-hybridized carbons (Fsp3) is 0.0714. The zero-order valence-corrected chi connectivity index (χ0v) is 12.0. The van der Waals surface area contributed by atoms with E-state index in [1.165, 1.54) is 18.2 Å². The van der Waals surface area contributed by atoms with Crippen LogP contribution in [0.2, 0.25) is 10.0 Å². The SMILES string of the molecule is CNc1c(F)cccc1C(=O)Nc1cc(Cl)cc(Cl)c1. The lowest BCUT2D eigenvalue weighted by atomic mass is 10.1. The molecule has 2 N–H and O–H groups in total. The summed E-state index contributed by atoms with van der Waals surface area (Å²) in [6.07, 6.45) is 0. The number of benzene rings is 2. The first-order valence-electron chi connectivity index (χ1n) is 5.75. The molecule has 0 bridgehead atoms. The summed E-state index contributed by atoms with van der Waals surface area (Å²) in [5.74, 6) is -0.948. The van der Waals surface area contributed by atoms with Crippen molar-refractivity contribution in [1.29, 1.82) is 0 Å². The van der Waals surface area contributed by atoms with Gasteiger partial charge in [-0.05, 0) is 30.3 Å². The molecule has 0 aliphatic carbocycles. The van der Waals surface area contributed by atoms with Crippen LogP contribution in [0.1, 0.15) is 10.4 Å². The first kappa shape index (κ1) is 14.6. The Kier molecular flexibility index (Phi) is 4.47. The van der Waals surface area contributed by atoms with Crippen LogP contribution in [-0.4, -0.2) is 13.0 Å². The van der Waals surface area contributed by atoms with Gasteiger partial charge in [0.25, 0.3) is 5.91 Å². The second-order valence-electron chi connectivity index (χ2n) is 4.02. The van der Waals surface area contributed by atoms with Gasteiger partial charge in [0, 0.05) is 22.8 Å². The molecule has 0 radical (unpaired) electrons. The van der Waals surface area contributed by atoms with Gasteiger partial charge in [0.1, 0.15) is 5.82 Å². The van der Waals surface area contributed by atoms with Gasteiger partial charge >= 0.3 is 0 Å². The Morgan fingerprint density at radius 3 is 2.40 bits per heavy atom. The van der Waals surface area contributed by atoms with Crippen LogP contribution in [0.5, 0.6) is 0 Å². The standard InChI is InChI=1S/C14H11Cl2FN2O/c1-18-13-11(3-2-4-12(13)17)14(20)19-10-6-8(15)5-9(16)7-10/h2-7,18H,1H3,(H,19,20). The molecule has 3 nitrogen and oxygen atoms in total. The first-order chi connectivity index (χ1) is 9.51. The van der Waals surface area contributed by atoms with Gasteiger partial charge in [-0.2, -0.15) is 0 Å². The molecule has 0 unspecified atom stereocenters. The molecule has 0 spiro atoms. The van der Waals surface area contributed by atoms with E-state index in [4.69, 9.17) is 23.2 Å². The molecule has 2 rings (SSSR count). The van der Waals surface area contributed by atoms with Crippen LogP contribution in [0.25, 0.3) is 0 Å². The molecule has 0 fully saturated rings. The van der Waals surface area contributed by atoms with E-state index < -0.39 is 11.7 Å². The molecule has 6 heteroatoms. The minimum atomic E-state index is -0.496. The molecule has 0 aliphatic heterocycles. The largest absolute Gasteiger partial charge is 0.385 e. The summed E-state index contributed by atoms with van der Waals surface area (Å²) in [6.45, 7) is 0. The van der Waals surface area contributed by atoms with Crippen molar-refractivity contribution in [3.8, 4) is 0 Å². The average Bonchev–Trinajstić information content (AvgIpc) is 2.37. The quantitative estimate of drug-likeness (QED) is 0.880. The van der Waals surface area contributed by atoms with E-state index in [1.54, 1.807) is 25.2 Å². The number of halogens is 3. The summed E-state index contributed by atoms with van der Waals surface area (Å²) in [5, 5.41) is 6.10. The predicted molar refractivity (Wildman–Crippen MR) is 80.4 cm³/mol. The van der Waals surface area contributed by atoms with Crippen molar-refractivity contribution in [2.24, 2.45) is 0 Å². The molecule has 0 saturated carbocycles. The number of carbonyl (C=O) groups is 1. The Morgan fingerprint density at radius 2 is 1.80 bits per heavy atom. The normalized spacial score (nSPS) is 10.2. The van der Waals surface area contributed by atoms with Crippen molar-refractivity contribution >= 4 is 40.5 Å². The number of rotatable bonds is 3. The van der Waals surface area contributed by atoms with Crippen LogP contribution < -0.4 is 10.6 Å². The van der Waals surface area contributed by atoms with E-state index in [9.17, 15) is 9.18 Å². The molecule has 2 aromatic carbocycles. The first-order valence-corrected chi connectivity index (χ1v) is 6.50. The van der Waals surface area contributed by atoms with Crippen LogP contribution in [0, 0.1) is 5.82 Å². The van der Waals surface area contributed by atoms with E-state index in [2.05, 4.69) is 10.6 Å². The maximum absolute atomic E-state index is 13.6. The van der Waals surface area contributed by atoms with Crippen molar-refractivity contribution in [3.05, 3.63) is 57.8 Å². The lowest BCUT2D eigenvalue weighted by Crippen LogP contribution is -2.14. The number of para-hydroxylation sites is 1. The van der Waals surface area contributed by atoms with Gasteiger partial charge in [0.05, 0.1) is 11.3 Å². The topological polar surface area (TPSA) is 41.1 Å². The van der Waals surface area contributed by atoms with Gasteiger partial charge in [-0.3, -0.25) is 4.79 Å². The molecular formula is C14H11Cl2FN2O. The minimum absolute atomic E-state index is 0.137.